The Hall–Kier alpha value is -3.81. The van der Waals surface area contributed by atoms with Gasteiger partial charge in [-0.3, -0.25) is 9.59 Å². The van der Waals surface area contributed by atoms with E-state index in [9.17, 15) is 18.4 Å². The standard InChI is InChI=1S/C20H16F2N4O2/c1-12(27)24-14-3-5-15(6-4-14)26-20(28)13-2-9-19(23-11-13)25-16-7-8-17(21)18(22)10-16/h2-11H,1H3,(H,23,25)(H,24,27)(H,26,28). The summed E-state index contributed by atoms with van der Waals surface area (Å²) in [4.78, 5) is 27.4. The molecule has 0 atom stereocenters. The van der Waals surface area contributed by atoms with E-state index in [1.807, 2.05) is 0 Å². The number of carbonyl (C=O) groups is 2. The Bertz CT molecular complexity index is 1010. The van der Waals surface area contributed by atoms with Gasteiger partial charge in [-0.1, -0.05) is 0 Å². The van der Waals surface area contributed by atoms with Crippen LogP contribution in [0.4, 0.5) is 31.7 Å². The summed E-state index contributed by atoms with van der Waals surface area (Å²) in [5, 5.41) is 8.18. The van der Waals surface area contributed by atoms with Crippen LogP contribution in [0.3, 0.4) is 0 Å². The van der Waals surface area contributed by atoms with Crippen LogP contribution in [0.5, 0.6) is 0 Å². The molecule has 0 spiro atoms. The van der Waals surface area contributed by atoms with Crippen LogP contribution < -0.4 is 16.0 Å². The summed E-state index contributed by atoms with van der Waals surface area (Å²) in [5.41, 5.74) is 1.84. The highest BCUT2D eigenvalue weighted by Gasteiger charge is 2.08. The summed E-state index contributed by atoms with van der Waals surface area (Å²) >= 11 is 0. The smallest absolute Gasteiger partial charge is 0.257 e. The molecule has 0 radical (unpaired) electrons. The summed E-state index contributed by atoms with van der Waals surface area (Å²) < 4.78 is 26.2. The second kappa shape index (κ2) is 8.26. The summed E-state index contributed by atoms with van der Waals surface area (Å²) in [5.74, 6) is -2.07. The number of amides is 2. The average molecular weight is 382 g/mol. The van der Waals surface area contributed by atoms with E-state index in [0.29, 0.717) is 28.4 Å². The van der Waals surface area contributed by atoms with E-state index in [1.165, 1.54) is 19.2 Å². The number of nitrogens with zero attached hydrogens (tertiary/aromatic N) is 1. The fourth-order valence-electron chi connectivity index (χ4n) is 2.37. The van der Waals surface area contributed by atoms with Gasteiger partial charge >= 0.3 is 0 Å². The van der Waals surface area contributed by atoms with Gasteiger partial charge in [-0.05, 0) is 48.5 Å². The molecule has 3 aromatic rings. The maximum Gasteiger partial charge on any atom is 0.257 e. The Morgan fingerprint density at radius 3 is 2.04 bits per heavy atom. The molecule has 0 bridgehead atoms. The minimum atomic E-state index is -0.967. The molecule has 6 nitrogen and oxygen atoms in total. The monoisotopic (exact) mass is 382 g/mol. The molecule has 0 fully saturated rings. The van der Waals surface area contributed by atoms with Crippen LogP contribution in [0, 0.1) is 11.6 Å². The van der Waals surface area contributed by atoms with E-state index in [4.69, 9.17) is 0 Å². The number of nitrogens with one attached hydrogen (secondary N) is 3. The van der Waals surface area contributed by atoms with Crippen LogP contribution >= 0.6 is 0 Å². The second-order valence-corrected chi connectivity index (χ2v) is 5.90. The number of anilines is 4. The lowest BCUT2D eigenvalue weighted by Gasteiger charge is -2.08. The number of hydrogen-bond acceptors (Lipinski definition) is 4. The van der Waals surface area contributed by atoms with Crippen molar-refractivity contribution in [1.82, 2.24) is 4.98 Å². The Kier molecular flexibility index (Phi) is 5.59. The molecule has 3 rings (SSSR count). The molecule has 8 heteroatoms. The van der Waals surface area contributed by atoms with Crippen molar-refractivity contribution < 1.29 is 18.4 Å². The van der Waals surface area contributed by atoms with E-state index in [1.54, 1.807) is 36.4 Å². The van der Waals surface area contributed by atoms with Crippen LogP contribution in [-0.4, -0.2) is 16.8 Å². The predicted molar refractivity (Wildman–Crippen MR) is 103 cm³/mol. The molecule has 2 aromatic carbocycles. The highest BCUT2D eigenvalue weighted by molar-refractivity contribution is 6.04. The van der Waals surface area contributed by atoms with Gasteiger partial charge in [0, 0.05) is 36.2 Å². The topological polar surface area (TPSA) is 83.1 Å². The predicted octanol–water partition coefficient (Wildman–Crippen LogP) is 4.31. The summed E-state index contributed by atoms with van der Waals surface area (Å²) in [7, 11) is 0. The molecule has 1 heterocycles. The quantitative estimate of drug-likeness (QED) is 0.614. The van der Waals surface area contributed by atoms with Gasteiger partial charge in [0.2, 0.25) is 5.91 Å². The van der Waals surface area contributed by atoms with Gasteiger partial charge in [0.15, 0.2) is 11.6 Å². The third-order valence-electron chi connectivity index (χ3n) is 3.68. The maximum absolute atomic E-state index is 13.2. The Labute approximate surface area is 159 Å². The van der Waals surface area contributed by atoms with Crippen molar-refractivity contribution in [2.45, 2.75) is 6.92 Å². The Morgan fingerprint density at radius 2 is 1.46 bits per heavy atom. The molecule has 28 heavy (non-hydrogen) atoms. The third-order valence-corrected chi connectivity index (χ3v) is 3.68. The highest BCUT2D eigenvalue weighted by atomic mass is 19.2. The SMILES string of the molecule is CC(=O)Nc1ccc(NC(=O)c2ccc(Nc3ccc(F)c(F)c3)nc2)cc1. The van der Waals surface area contributed by atoms with Gasteiger partial charge in [0.1, 0.15) is 5.82 Å². The molecule has 0 saturated heterocycles. The zero-order chi connectivity index (χ0) is 20.1. The van der Waals surface area contributed by atoms with E-state index < -0.39 is 11.6 Å². The summed E-state index contributed by atoms with van der Waals surface area (Å²) in [6.45, 7) is 1.41. The first kappa shape index (κ1) is 19.0. The maximum atomic E-state index is 13.2. The molecule has 2 amide bonds. The molecular weight excluding hydrogens is 366 g/mol. The van der Waals surface area contributed by atoms with Crippen molar-refractivity contribution in [3.63, 3.8) is 0 Å². The van der Waals surface area contributed by atoms with Gasteiger partial charge in [0.25, 0.3) is 5.91 Å². The summed E-state index contributed by atoms with van der Waals surface area (Å²) in [6, 6.07) is 13.2. The van der Waals surface area contributed by atoms with E-state index in [2.05, 4.69) is 20.9 Å². The minimum Gasteiger partial charge on any atom is -0.340 e. The van der Waals surface area contributed by atoms with Crippen LogP contribution in [-0.2, 0) is 4.79 Å². The fourth-order valence-corrected chi connectivity index (χ4v) is 2.37. The van der Waals surface area contributed by atoms with Gasteiger partial charge in [-0.2, -0.15) is 0 Å². The molecule has 142 valence electrons. The first-order valence-corrected chi connectivity index (χ1v) is 8.28. The molecule has 0 saturated carbocycles. The first-order valence-electron chi connectivity index (χ1n) is 8.28. The van der Waals surface area contributed by atoms with Gasteiger partial charge in [-0.15, -0.1) is 0 Å². The molecule has 0 unspecified atom stereocenters. The van der Waals surface area contributed by atoms with E-state index in [0.717, 1.165) is 12.1 Å². The van der Waals surface area contributed by atoms with Gasteiger partial charge in [-0.25, -0.2) is 13.8 Å². The highest BCUT2D eigenvalue weighted by Crippen LogP contribution is 2.18. The molecule has 0 aliphatic heterocycles. The van der Waals surface area contributed by atoms with Crippen LogP contribution in [0.15, 0.2) is 60.8 Å². The average Bonchev–Trinajstić information content (AvgIpc) is 2.66. The minimum absolute atomic E-state index is 0.181. The number of halogens is 2. The van der Waals surface area contributed by atoms with E-state index in [-0.39, 0.29) is 11.8 Å². The van der Waals surface area contributed by atoms with Crippen molar-refractivity contribution in [1.29, 1.82) is 0 Å². The largest absolute Gasteiger partial charge is 0.340 e. The van der Waals surface area contributed by atoms with Crippen molar-refractivity contribution in [3.05, 3.63) is 78.0 Å². The van der Waals surface area contributed by atoms with Gasteiger partial charge in [0.05, 0.1) is 5.56 Å². The fraction of sp³-hybridized carbons (Fsp3) is 0.0500. The Balaban J connectivity index is 1.63. The normalized spacial score (nSPS) is 10.2. The lowest BCUT2D eigenvalue weighted by molar-refractivity contribution is -0.114. The van der Waals surface area contributed by atoms with Crippen molar-refractivity contribution in [3.8, 4) is 0 Å². The zero-order valence-electron chi connectivity index (χ0n) is 14.8. The lowest BCUT2D eigenvalue weighted by Crippen LogP contribution is -2.12. The molecule has 0 aliphatic carbocycles. The third kappa shape index (κ3) is 4.88. The summed E-state index contributed by atoms with van der Waals surface area (Å²) in [6.07, 6.45) is 1.36. The zero-order valence-corrected chi connectivity index (χ0v) is 14.8. The lowest BCUT2D eigenvalue weighted by atomic mass is 10.2. The number of pyridine rings is 1. The number of aromatic nitrogens is 1. The van der Waals surface area contributed by atoms with Crippen molar-refractivity contribution in [2.75, 3.05) is 16.0 Å². The second-order valence-electron chi connectivity index (χ2n) is 5.90. The molecule has 3 N–H and O–H groups in total. The Morgan fingerprint density at radius 1 is 0.821 bits per heavy atom. The van der Waals surface area contributed by atoms with Crippen molar-refractivity contribution in [2.24, 2.45) is 0 Å². The van der Waals surface area contributed by atoms with Crippen LogP contribution in [0.1, 0.15) is 17.3 Å². The van der Waals surface area contributed by atoms with Crippen molar-refractivity contribution >= 4 is 34.7 Å². The number of carbonyl (C=O) groups excluding carboxylic acids is 2. The van der Waals surface area contributed by atoms with Crippen LogP contribution in [0.25, 0.3) is 0 Å². The number of rotatable bonds is 5. The molecular formula is C20H16F2N4O2. The number of hydrogen-bond donors (Lipinski definition) is 3. The molecule has 0 aliphatic rings. The molecule has 1 aromatic heterocycles. The van der Waals surface area contributed by atoms with Gasteiger partial charge < -0.3 is 16.0 Å². The number of benzene rings is 2. The first-order chi connectivity index (χ1) is 13.4. The van der Waals surface area contributed by atoms with Crippen LogP contribution in [0.2, 0.25) is 0 Å². The van der Waals surface area contributed by atoms with E-state index >= 15 is 0 Å².